The molecule has 1 heterocycles. The molecule has 1 aliphatic carbocycles. The Labute approximate surface area is 122 Å². The number of rotatable bonds is 3. The summed E-state index contributed by atoms with van der Waals surface area (Å²) in [4.78, 5) is 14.1. The summed E-state index contributed by atoms with van der Waals surface area (Å²) in [7, 11) is -1.11. The lowest BCUT2D eigenvalue weighted by atomic mass is 9.86. The van der Waals surface area contributed by atoms with E-state index < -0.39 is 9.84 Å². The van der Waals surface area contributed by atoms with E-state index in [4.69, 9.17) is 0 Å². The smallest absolute Gasteiger partial charge is 0.224 e. The Balaban J connectivity index is 1.85. The van der Waals surface area contributed by atoms with Gasteiger partial charge >= 0.3 is 0 Å². The van der Waals surface area contributed by atoms with Crippen molar-refractivity contribution in [2.75, 3.05) is 25.1 Å². The van der Waals surface area contributed by atoms with Crippen LogP contribution < -0.4 is 5.32 Å². The molecule has 1 saturated carbocycles. The van der Waals surface area contributed by atoms with Crippen LogP contribution >= 0.6 is 0 Å². The first-order valence-electron chi connectivity index (χ1n) is 7.57. The predicted octanol–water partition coefficient (Wildman–Crippen LogP) is 0.800. The average molecular weight is 302 g/mol. The van der Waals surface area contributed by atoms with E-state index in [-0.39, 0.29) is 23.5 Å². The summed E-state index contributed by atoms with van der Waals surface area (Å²) in [5, 5.41) is 3.14. The van der Waals surface area contributed by atoms with Crippen molar-refractivity contribution in [3.63, 3.8) is 0 Å². The van der Waals surface area contributed by atoms with Crippen molar-refractivity contribution >= 4 is 15.7 Å². The third-order valence-electron chi connectivity index (χ3n) is 4.65. The zero-order chi connectivity index (χ0) is 14.8. The van der Waals surface area contributed by atoms with Gasteiger partial charge in [-0.1, -0.05) is 6.92 Å². The minimum absolute atomic E-state index is 0.0687. The van der Waals surface area contributed by atoms with Crippen molar-refractivity contribution in [2.24, 2.45) is 5.92 Å². The number of hydrogen-bond donors (Lipinski definition) is 1. The quantitative estimate of drug-likeness (QED) is 0.837. The fourth-order valence-corrected chi connectivity index (χ4v) is 4.63. The second-order valence-electron chi connectivity index (χ2n) is 6.39. The highest BCUT2D eigenvalue weighted by molar-refractivity contribution is 7.91. The van der Waals surface area contributed by atoms with E-state index in [0.717, 1.165) is 18.8 Å². The van der Waals surface area contributed by atoms with Gasteiger partial charge in [-0.3, -0.25) is 4.79 Å². The molecule has 1 N–H and O–H groups in total. The Bertz CT molecular complexity index is 441. The first kappa shape index (κ1) is 15.8. The van der Waals surface area contributed by atoms with Crippen molar-refractivity contribution in [3.05, 3.63) is 0 Å². The largest absolute Gasteiger partial charge is 0.343 e. The number of sulfone groups is 1. The Morgan fingerprint density at radius 3 is 2.50 bits per heavy atom. The molecule has 0 aromatic heterocycles. The van der Waals surface area contributed by atoms with Gasteiger partial charge < -0.3 is 10.2 Å². The molecule has 1 atom stereocenters. The maximum absolute atomic E-state index is 12.3. The molecule has 1 saturated heterocycles. The van der Waals surface area contributed by atoms with Crippen LogP contribution in [0.5, 0.6) is 0 Å². The maximum atomic E-state index is 12.3. The van der Waals surface area contributed by atoms with Crippen LogP contribution in [0.25, 0.3) is 0 Å². The van der Waals surface area contributed by atoms with Gasteiger partial charge in [0.25, 0.3) is 0 Å². The summed E-state index contributed by atoms with van der Waals surface area (Å²) in [6.07, 6.45) is 4.79. The first-order chi connectivity index (χ1) is 9.37. The third kappa shape index (κ3) is 4.19. The standard InChI is InChI=1S/C14H26N2O3S/c1-11-3-5-13(6-4-11)16(2)14(17)9-12-10-20(18,19)8-7-15-12/h11-13,15H,3-10H2,1-2H3. The van der Waals surface area contributed by atoms with E-state index in [0.29, 0.717) is 19.0 Å². The van der Waals surface area contributed by atoms with Crippen molar-refractivity contribution in [1.82, 2.24) is 10.2 Å². The van der Waals surface area contributed by atoms with Gasteiger partial charge in [0, 0.05) is 32.1 Å². The monoisotopic (exact) mass is 302 g/mol. The highest BCUT2D eigenvalue weighted by Gasteiger charge is 2.29. The summed E-state index contributed by atoms with van der Waals surface area (Å²) in [6, 6.07) is 0.116. The van der Waals surface area contributed by atoms with E-state index >= 15 is 0 Å². The Morgan fingerprint density at radius 2 is 1.90 bits per heavy atom. The molecule has 0 aromatic rings. The van der Waals surface area contributed by atoms with E-state index in [2.05, 4.69) is 12.2 Å². The lowest BCUT2D eigenvalue weighted by Crippen LogP contribution is -2.48. The van der Waals surface area contributed by atoms with Gasteiger partial charge in [0.1, 0.15) is 0 Å². The van der Waals surface area contributed by atoms with Crippen LogP contribution in [0.4, 0.5) is 0 Å². The molecule has 0 aromatic carbocycles. The zero-order valence-electron chi connectivity index (χ0n) is 12.5. The summed E-state index contributed by atoms with van der Waals surface area (Å²) in [5.74, 6) is 1.11. The first-order valence-corrected chi connectivity index (χ1v) is 9.39. The van der Waals surface area contributed by atoms with Crippen LogP contribution in [0.15, 0.2) is 0 Å². The fourth-order valence-electron chi connectivity index (χ4n) is 3.19. The van der Waals surface area contributed by atoms with Gasteiger partial charge in [-0.15, -0.1) is 0 Å². The van der Waals surface area contributed by atoms with Crippen LogP contribution in [0.1, 0.15) is 39.0 Å². The molecule has 0 spiro atoms. The Morgan fingerprint density at radius 1 is 1.25 bits per heavy atom. The van der Waals surface area contributed by atoms with Crippen LogP contribution in [0.2, 0.25) is 0 Å². The lowest BCUT2D eigenvalue weighted by molar-refractivity contribution is -0.133. The number of carbonyl (C=O) groups excluding carboxylic acids is 1. The zero-order valence-corrected chi connectivity index (χ0v) is 13.3. The number of nitrogens with zero attached hydrogens (tertiary/aromatic N) is 1. The molecular weight excluding hydrogens is 276 g/mol. The van der Waals surface area contributed by atoms with E-state index in [9.17, 15) is 13.2 Å². The Hall–Kier alpha value is -0.620. The van der Waals surface area contributed by atoms with E-state index in [1.807, 2.05) is 11.9 Å². The highest BCUT2D eigenvalue weighted by Crippen LogP contribution is 2.26. The van der Waals surface area contributed by atoms with Gasteiger partial charge in [-0.25, -0.2) is 8.42 Å². The molecule has 1 amide bonds. The molecule has 2 rings (SSSR count). The molecule has 0 radical (unpaired) electrons. The third-order valence-corrected chi connectivity index (χ3v) is 6.39. The molecule has 116 valence electrons. The van der Waals surface area contributed by atoms with Crippen molar-refractivity contribution in [1.29, 1.82) is 0 Å². The fraction of sp³-hybridized carbons (Fsp3) is 0.929. The number of amides is 1. The van der Waals surface area contributed by atoms with Crippen LogP contribution in [0, 0.1) is 5.92 Å². The number of carbonyl (C=O) groups is 1. The van der Waals surface area contributed by atoms with E-state index in [1.54, 1.807) is 0 Å². The molecule has 5 nitrogen and oxygen atoms in total. The van der Waals surface area contributed by atoms with Gasteiger partial charge in [0.15, 0.2) is 9.84 Å². The molecule has 6 heteroatoms. The summed E-state index contributed by atoms with van der Waals surface area (Å²) in [5.41, 5.74) is 0. The minimum atomic E-state index is -2.97. The highest BCUT2D eigenvalue weighted by atomic mass is 32.2. The second kappa shape index (κ2) is 6.43. The van der Waals surface area contributed by atoms with E-state index in [1.165, 1.54) is 12.8 Å². The number of nitrogens with one attached hydrogen (secondary N) is 1. The number of hydrogen-bond acceptors (Lipinski definition) is 4. The van der Waals surface area contributed by atoms with Crippen LogP contribution in [0.3, 0.4) is 0 Å². The average Bonchev–Trinajstić information content (AvgIpc) is 2.37. The summed E-state index contributed by atoms with van der Waals surface area (Å²) >= 11 is 0. The predicted molar refractivity (Wildman–Crippen MR) is 79.3 cm³/mol. The minimum Gasteiger partial charge on any atom is -0.343 e. The summed E-state index contributed by atoms with van der Waals surface area (Å²) in [6.45, 7) is 2.72. The van der Waals surface area contributed by atoms with Gasteiger partial charge in [-0.2, -0.15) is 0 Å². The van der Waals surface area contributed by atoms with Crippen molar-refractivity contribution in [3.8, 4) is 0 Å². The maximum Gasteiger partial charge on any atom is 0.224 e. The molecule has 2 aliphatic rings. The molecule has 2 fully saturated rings. The van der Waals surface area contributed by atoms with Crippen LogP contribution in [-0.4, -0.2) is 56.4 Å². The van der Waals surface area contributed by atoms with Crippen molar-refractivity contribution < 1.29 is 13.2 Å². The van der Waals surface area contributed by atoms with Gasteiger partial charge in [0.2, 0.25) is 5.91 Å². The van der Waals surface area contributed by atoms with Gasteiger partial charge in [-0.05, 0) is 31.6 Å². The summed E-state index contributed by atoms with van der Waals surface area (Å²) < 4.78 is 23.2. The molecule has 1 unspecified atom stereocenters. The SMILES string of the molecule is CC1CCC(N(C)C(=O)CC2CS(=O)(=O)CCN2)CC1. The molecule has 0 bridgehead atoms. The molecule has 20 heavy (non-hydrogen) atoms. The molecular formula is C14H26N2O3S. The molecule has 1 aliphatic heterocycles. The topological polar surface area (TPSA) is 66.5 Å². The van der Waals surface area contributed by atoms with Crippen molar-refractivity contribution in [2.45, 2.75) is 51.1 Å². The lowest BCUT2D eigenvalue weighted by Gasteiger charge is -2.34. The Kier molecular flexibility index (Phi) is 5.07. The normalized spacial score (nSPS) is 33.6. The van der Waals surface area contributed by atoms with Gasteiger partial charge in [0.05, 0.1) is 11.5 Å². The van der Waals surface area contributed by atoms with Crippen LogP contribution in [-0.2, 0) is 14.6 Å². The second-order valence-corrected chi connectivity index (χ2v) is 8.62.